The van der Waals surface area contributed by atoms with Crippen LogP contribution in [0.1, 0.15) is 21.5 Å². The molecule has 5 rings (SSSR count). The zero-order chi connectivity index (χ0) is 23.8. The van der Waals surface area contributed by atoms with E-state index in [4.69, 9.17) is 20.3 Å². The molecule has 4 aromatic rings. The summed E-state index contributed by atoms with van der Waals surface area (Å²) < 4.78 is 25.9. The van der Waals surface area contributed by atoms with Crippen molar-refractivity contribution < 1.29 is 18.3 Å². The number of nitrogens with two attached hydrogens (primary N) is 1. The van der Waals surface area contributed by atoms with Gasteiger partial charge in [-0.2, -0.15) is 0 Å². The van der Waals surface area contributed by atoms with E-state index in [9.17, 15) is 14.0 Å². The number of primary amides is 1. The summed E-state index contributed by atoms with van der Waals surface area (Å²) >= 11 is 1.32. The van der Waals surface area contributed by atoms with Gasteiger partial charge in [0.25, 0.3) is 0 Å². The Morgan fingerprint density at radius 3 is 2.50 bits per heavy atom. The van der Waals surface area contributed by atoms with E-state index < -0.39 is 11.7 Å². The fourth-order valence-corrected chi connectivity index (χ4v) is 4.89. The van der Waals surface area contributed by atoms with Gasteiger partial charge in [0.1, 0.15) is 10.5 Å². The highest BCUT2D eigenvalue weighted by molar-refractivity contribution is 7.17. The average molecular weight is 478 g/mol. The molecule has 7 nitrogen and oxygen atoms in total. The molecular formula is C25H20FN3O4S. The molecular weight excluding hydrogens is 457 g/mol. The van der Waals surface area contributed by atoms with Gasteiger partial charge in [-0.15, -0.1) is 11.3 Å². The van der Waals surface area contributed by atoms with Crippen LogP contribution >= 0.6 is 11.3 Å². The predicted octanol–water partition coefficient (Wildman–Crippen LogP) is 4.01. The lowest BCUT2D eigenvalue weighted by molar-refractivity contribution is 0.1000. The monoisotopic (exact) mass is 477 g/mol. The summed E-state index contributed by atoms with van der Waals surface area (Å²) in [5.74, 6) is -0.770. The number of benzene rings is 2. The third-order valence-corrected chi connectivity index (χ3v) is 6.73. The highest BCUT2D eigenvalue weighted by Crippen LogP contribution is 2.35. The van der Waals surface area contributed by atoms with Crippen molar-refractivity contribution in [1.82, 2.24) is 0 Å². The first kappa shape index (κ1) is 22.0. The number of thiophene rings is 1. The first-order valence-corrected chi connectivity index (χ1v) is 11.5. The molecule has 0 radical (unpaired) electrons. The summed E-state index contributed by atoms with van der Waals surface area (Å²) in [6.07, 6.45) is 0. The Hall–Kier alpha value is -3.82. The van der Waals surface area contributed by atoms with Gasteiger partial charge in [-0.1, -0.05) is 24.3 Å². The summed E-state index contributed by atoms with van der Waals surface area (Å²) in [6.45, 7) is 2.46. The first-order valence-electron chi connectivity index (χ1n) is 10.6. The number of amides is 1. The molecule has 0 atom stereocenters. The number of morpholine rings is 1. The summed E-state index contributed by atoms with van der Waals surface area (Å²) in [6, 6.07) is 12.1. The Labute approximate surface area is 197 Å². The van der Waals surface area contributed by atoms with Gasteiger partial charge in [0, 0.05) is 46.8 Å². The van der Waals surface area contributed by atoms with Gasteiger partial charge in [-0.3, -0.25) is 15.0 Å². The molecule has 3 N–H and O–H groups in total. The molecule has 172 valence electrons. The second kappa shape index (κ2) is 8.85. The smallest absolute Gasteiger partial charge is 0.249 e. The normalized spacial score (nSPS) is 13.9. The second-order valence-corrected chi connectivity index (χ2v) is 8.74. The molecule has 0 saturated carbocycles. The van der Waals surface area contributed by atoms with Gasteiger partial charge in [0.2, 0.25) is 11.3 Å². The molecule has 1 fully saturated rings. The van der Waals surface area contributed by atoms with Crippen LogP contribution in [0, 0.1) is 11.2 Å². The van der Waals surface area contributed by atoms with Crippen molar-refractivity contribution in [1.29, 1.82) is 5.41 Å². The minimum absolute atomic E-state index is 0.0174. The number of anilines is 1. The van der Waals surface area contributed by atoms with Crippen LogP contribution in [0.4, 0.5) is 10.3 Å². The molecule has 1 aliphatic heterocycles. The molecule has 1 aliphatic rings. The lowest BCUT2D eigenvalue weighted by Crippen LogP contribution is -2.36. The Kier molecular flexibility index (Phi) is 5.72. The van der Waals surface area contributed by atoms with E-state index in [1.165, 1.54) is 23.5 Å². The number of nitrogens with one attached hydrogen (secondary N) is 1. The maximum absolute atomic E-state index is 13.8. The maximum Gasteiger partial charge on any atom is 0.249 e. The number of carbonyl (C=O) groups is 1. The third-order valence-electron chi connectivity index (χ3n) is 5.75. The van der Waals surface area contributed by atoms with Crippen molar-refractivity contribution in [3.8, 4) is 11.1 Å². The molecule has 0 aliphatic carbocycles. The topological polar surface area (TPSA) is 110 Å². The molecule has 0 bridgehead atoms. The van der Waals surface area contributed by atoms with Crippen molar-refractivity contribution >= 4 is 39.1 Å². The lowest BCUT2D eigenvalue weighted by atomic mass is 9.95. The minimum Gasteiger partial charge on any atom is -0.439 e. The van der Waals surface area contributed by atoms with Crippen LogP contribution in [0.25, 0.3) is 21.4 Å². The standard InChI is InChI=1S/C25H20FN3O4S/c26-16-5-6-17(25(28)31)18(11-16)22(27)15-3-1-14(2-4-15)19-13-34-24-20(30)12-21(33-23(19)24)29-7-9-32-10-8-29/h1-6,11-13,27H,7-10H2,(H2,28,31). The summed E-state index contributed by atoms with van der Waals surface area (Å²) in [7, 11) is 0. The van der Waals surface area contributed by atoms with Gasteiger partial charge in [0.15, 0.2) is 11.5 Å². The molecule has 1 amide bonds. The van der Waals surface area contributed by atoms with Gasteiger partial charge >= 0.3 is 0 Å². The van der Waals surface area contributed by atoms with Crippen molar-refractivity contribution in [2.24, 2.45) is 5.73 Å². The quantitative estimate of drug-likeness (QED) is 0.422. The third kappa shape index (κ3) is 4.00. The number of nitrogens with zero attached hydrogens (tertiary/aromatic N) is 1. The first-order chi connectivity index (χ1) is 16.4. The summed E-state index contributed by atoms with van der Waals surface area (Å²) in [5, 5.41) is 10.4. The van der Waals surface area contributed by atoms with Crippen molar-refractivity contribution in [3.63, 3.8) is 0 Å². The van der Waals surface area contributed by atoms with Gasteiger partial charge < -0.3 is 19.8 Å². The van der Waals surface area contributed by atoms with E-state index in [0.717, 1.165) is 23.3 Å². The van der Waals surface area contributed by atoms with Gasteiger partial charge in [0.05, 0.1) is 18.9 Å². The Balaban J connectivity index is 1.50. The minimum atomic E-state index is -0.729. The Morgan fingerprint density at radius 2 is 1.79 bits per heavy atom. The Morgan fingerprint density at radius 1 is 1.06 bits per heavy atom. The van der Waals surface area contributed by atoms with Crippen LogP contribution in [0.2, 0.25) is 0 Å². The van der Waals surface area contributed by atoms with Crippen molar-refractivity contribution in [3.05, 3.63) is 86.6 Å². The van der Waals surface area contributed by atoms with Crippen LogP contribution in [0.5, 0.6) is 0 Å². The lowest BCUT2D eigenvalue weighted by Gasteiger charge is -2.27. The molecule has 0 spiro atoms. The van der Waals surface area contributed by atoms with Gasteiger partial charge in [-0.05, 0) is 23.8 Å². The van der Waals surface area contributed by atoms with Crippen LogP contribution in [-0.4, -0.2) is 37.9 Å². The number of ether oxygens (including phenoxy) is 1. The van der Waals surface area contributed by atoms with Gasteiger partial charge in [-0.25, -0.2) is 4.39 Å². The highest BCUT2D eigenvalue weighted by atomic mass is 32.1. The van der Waals surface area contributed by atoms with Crippen LogP contribution in [0.15, 0.2) is 63.1 Å². The summed E-state index contributed by atoms with van der Waals surface area (Å²) in [5.41, 5.74) is 8.08. The largest absolute Gasteiger partial charge is 0.439 e. The molecule has 2 aromatic heterocycles. The van der Waals surface area contributed by atoms with Crippen LogP contribution < -0.4 is 16.1 Å². The fraction of sp³-hybridized carbons (Fsp3) is 0.160. The van der Waals surface area contributed by atoms with E-state index in [2.05, 4.69) is 0 Å². The van der Waals surface area contributed by atoms with E-state index in [1.54, 1.807) is 24.3 Å². The molecule has 3 heterocycles. The predicted molar refractivity (Wildman–Crippen MR) is 130 cm³/mol. The van der Waals surface area contributed by atoms with Crippen molar-refractivity contribution in [2.75, 3.05) is 31.2 Å². The van der Waals surface area contributed by atoms with E-state index in [0.29, 0.717) is 48.0 Å². The zero-order valence-electron chi connectivity index (χ0n) is 18.0. The summed E-state index contributed by atoms with van der Waals surface area (Å²) in [4.78, 5) is 26.4. The van der Waals surface area contributed by atoms with E-state index in [1.807, 2.05) is 10.3 Å². The van der Waals surface area contributed by atoms with E-state index >= 15 is 0 Å². The number of fused-ring (bicyclic) bond motifs is 1. The second-order valence-electron chi connectivity index (χ2n) is 7.86. The molecule has 0 unspecified atom stereocenters. The Bertz CT molecular complexity index is 1470. The van der Waals surface area contributed by atoms with Crippen LogP contribution in [-0.2, 0) is 4.74 Å². The fourth-order valence-electron chi connectivity index (χ4n) is 3.98. The number of rotatable bonds is 5. The molecule has 1 saturated heterocycles. The zero-order valence-corrected chi connectivity index (χ0v) is 18.8. The number of halogens is 1. The molecule has 34 heavy (non-hydrogen) atoms. The highest BCUT2D eigenvalue weighted by Gasteiger charge is 2.19. The van der Waals surface area contributed by atoms with Crippen LogP contribution in [0.3, 0.4) is 0 Å². The average Bonchev–Trinajstić information content (AvgIpc) is 3.28. The molecule has 9 heteroatoms. The number of hydrogen-bond donors (Lipinski definition) is 2. The molecule has 2 aromatic carbocycles. The maximum atomic E-state index is 13.8. The SMILES string of the molecule is N=C(c1ccc(-c2csc3c(=O)cc(N4CCOCC4)oc23)cc1)c1cc(F)ccc1C(N)=O. The van der Waals surface area contributed by atoms with Crippen molar-refractivity contribution in [2.45, 2.75) is 0 Å². The van der Waals surface area contributed by atoms with E-state index in [-0.39, 0.29) is 22.3 Å². The number of hydrogen-bond acceptors (Lipinski definition) is 7. The number of carbonyl (C=O) groups excluding carboxylic acids is 1.